The molecule has 0 bridgehead atoms. The molecule has 160 valence electrons. The summed E-state index contributed by atoms with van der Waals surface area (Å²) in [5.74, 6) is -0.952. The zero-order chi connectivity index (χ0) is 22.5. The van der Waals surface area contributed by atoms with Crippen molar-refractivity contribution in [3.8, 4) is 0 Å². The molecular formula is C27H22ClNO3. The van der Waals surface area contributed by atoms with Gasteiger partial charge in [-0.1, -0.05) is 66.2 Å². The van der Waals surface area contributed by atoms with Crippen molar-refractivity contribution >= 4 is 40.6 Å². The normalized spacial score (nSPS) is 12.3. The van der Waals surface area contributed by atoms with Crippen LogP contribution in [-0.4, -0.2) is 21.2 Å². The third kappa shape index (κ3) is 5.22. The number of carbonyl (C=O) groups is 1. The number of aromatic carboxylic acids is 1. The SMILES string of the molecule is O=C(O)c1ccccc1CC[C@H](O)c1cccc(/C=C/c2ccc3ccc(Cl)cc3n2)c1. The van der Waals surface area contributed by atoms with Gasteiger partial charge in [0.15, 0.2) is 0 Å². The van der Waals surface area contributed by atoms with Crippen LogP contribution in [-0.2, 0) is 6.42 Å². The van der Waals surface area contributed by atoms with Gasteiger partial charge in [-0.05, 0) is 65.9 Å². The number of hydrogen-bond donors (Lipinski definition) is 2. The molecule has 0 amide bonds. The number of carboxylic acid groups (broad SMARTS) is 1. The van der Waals surface area contributed by atoms with E-state index in [9.17, 15) is 15.0 Å². The van der Waals surface area contributed by atoms with E-state index in [1.807, 2.05) is 72.8 Å². The number of aromatic nitrogens is 1. The van der Waals surface area contributed by atoms with Gasteiger partial charge in [0.1, 0.15) is 0 Å². The third-order valence-corrected chi connectivity index (χ3v) is 5.59. The number of aliphatic hydroxyl groups excluding tert-OH is 1. The number of benzene rings is 3. The van der Waals surface area contributed by atoms with Crippen LogP contribution < -0.4 is 0 Å². The highest BCUT2D eigenvalue weighted by atomic mass is 35.5. The molecular weight excluding hydrogens is 422 g/mol. The summed E-state index contributed by atoms with van der Waals surface area (Å²) >= 11 is 6.07. The van der Waals surface area contributed by atoms with Crippen LogP contribution in [0.4, 0.5) is 0 Å². The molecule has 5 heteroatoms. The Morgan fingerprint density at radius 3 is 2.62 bits per heavy atom. The number of carboxylic acids is 1. The van der Waals surface area contributed by atoms with E-state index in [1.165, 1.54) is 0 Å². The van der Waals surface area contributed by atoms with Gasteiger partial charge in [-0.25, -0.2) is 9.78 Å². The predicted octanol–water partition coefficient (Wildman–Crippen LogP) is 6.42. The second kappa shape index (κ2) is 9.77. The van der Waals surface area contributed by atoms with Crippen LogP contribution in [0.5, 0.6) is 0 Å². The number of nitrogens with zero attached hydrogens (tertiary/aromatic N) is 1. The molecule has 4 nitrogen and oxygen atoms in total. The molecule has 0 unspecified atom stereocenters. The highest BCUT2D eigenvalue weighted by molar-refractivity contribution is 6.31. The van der Waals surface area contributed by atoms with Gasteiger partial charge in [-0.2, -0.15) is 0 Å². The van der Waals surface area contributed by atoms with E-state index in [1.54, 1.807) is 18.2 Å². The molecule has 2 N–H and O–H groups in total. The highest BCUT2D eigenvalue weighted by Gasteiger charge is 2.12. The molecule has 0 saturated carbocycles. The van der Waals surface area contributed by atoms with Crippen molar-refractivity contribution in [1.29, 1.82) is 0 Å². The fourth-order valence-corrected chi connectivity index (χ4v) is 3.82. The molecule has 0 spiro atoms. The zero-order valence-corrected chi connectivity index (χ0v) is 18.0. The molecule has 0 aliphatic heterocycles. The van der Waals surface area contributed by atoms with Crippen LogP contribution >= 0.6 is 11.6 Å². The molecule has 1 heterocycles. The van der Waals surface area contributed by atoms with Crippen molar-refractivity contribution in [2.24, 2.45) is 0 Å². The van der Waals surface area contributed by atoms with Gasteiger partial charge in [0.05, 0.1) is 22.9 Å². The maximum absolute atomic E-state index is 11.4. The van der Waals surface area contributed by atoms with E-state index in [4.69, 9.17) is 11.6 Å². The van der Waals surface area contributed by atoms with E-state index >= 15 is 0 Å². The number of hydrogen-bond acceptors (Lipinski definition) is 3. The first kappa shape index (κ1) is 21.8. The van der Waals surface area contributed by atoms with Crippen molar-refractivity contribution < 1.29 is 15.0 Å². The van der Waals surface area contributed by atoms with E-state index in [-0.39, 0.29) is 5.56 Å². The fourth-order valence-electron chi connectivity index (χ4n) is 3.66. The summed E-state index contributed by atoms with van der Waals surface area (Å²) in [6.07, 6.45) is 4.10. The Hall–Kier alpha value is -3.47. The molecule has 3 aromatic carbocycles. The summed E-state index contributed by atoms with van der Waals surface area (Å²) in [6.45, 7) is 0. The summed E-state index contributed by atoms with van der Waals surface area (Å²) in [5.41, 5.74) is 4.39. The number of pyridine rings is 1. The van der Waals surface area contributed by atoms with Crippen LogP contribution in [0.2, 0.25) is 5.02 Å². The maximum atomic E-state index is 11.4. The summed E-state index contributed by atoms with van der Waals surface area (Å²) < 4.78 is 0. The molecule has 1 atom stereocenters. The number of rotatable bonds is 7. The molecule has 0 aliphatic carbocycles. The Bertz CT molecular complexity index is 1300. The Balaban J connectivity index is 1.47. The summed E-state index contributed by atoms with van der Waals surface area (Å²) in [4.78, 5) is 16.0. The molecule has 1 aromatic heterocycles. The van der Waals surface area contributed by atoms with Gasteiger partial charge < -0.3 is 10.2 Å². The second-order valence-corrected chi connectivity index (χ2v) is 8.03. The van der Waals surface area contributed by atoms with Gasteiger partial charge >= 0.3 is 5.97 Å². The van der Waals surface area contributed by atoms with Crippen LogP contribution in [0.25, 0.3) is 23.1 Å². The number of fused-ring (bicyclic) bond motifs is 1. The molecule has 0 aliphatic rings. The van der Waals surface area contributed by atoms with Crippen LogP contribution in [0.3, 0.4) is 0 Å². The van der Waals surface area contributed by atoms with Crippen LogP contribution in [0.15, 0.2) is 78.9 Å². The first-order valence-corrected chi connectivity index (χ1v) is 10.7. The quantitative estimate of drug-likeness (QED) is 0.345. The van der Waals surface area contributed by atoms with Gasteiger partial charge in [0.25, 0.3) is 0 Å². The molecule has 4 aromatic rings. The van der Waals surface area contributed by atoms with Crippen LogP contribution in [0.1, 0.15) is 45.3 Å². The molecule has 32 heavy (non-hydrogen) atoms. The average Bonchev–Trinajstić information content (AvgIpc) is 2.81. The molecule has 0 fully saturated rings. The Morgan fingerprint density at radius 2 is 1.78 bits per heavy atom. The minimum Gasteiger partial charge on any atom is -0.478 e. The van der Waals surface area contributed by atoms with Crippen LogP contribution in [0, 0.1) is 0 Å². The van der Waals surface area contributed by atoms with E-state index in [0.717, 1.165) is 33.3 Å². The lowest BCUT2D eigenvalue weighted by molar-refractivity contribution is 0.0695. The maximum Gasteiger partial charge on any atom is 0.335 e. The first-order chi connectivity index (χ1) is 15.5. The number of aryl methyl sites for hydroxylation is 1. The monoisotopic (exact) mass is 443 g/mol. The van der Waals surface area contributed by atoms with Gasteiger partial charge in [0.2, 0.25) is 0 Å². The third-order valence-electron chi connectivity index (χ3n) is 5.35. The summed E-state index contributed by atoms with van der Waals surface area (Å²) in [6, 6.07) is 24.2. The van der Waals surface area contributed by atoms with Crippen molar-refractivity contribution in [2.45, 2.75) is 18.9 Å². The predicted molar refractivity (Wildman–Crippen MR) is 129 cm³/mol. The number of halogens is 1. The average molecular weight is 444 g/mol. The van der Waals surface area contributed by atoms with Crippen molar-refractivity contribution in [3.63, 3.8) is 0 Å². The standard InChI is InChI=1S/C27H22ClNO3/c28-22-12-9-20-10-14-23(29-25(20)17-22)13-8-18-4-3-6-21(16-18)26(30)15-11-19-5-1-2-7-24(19)27(31)32/h1-10,12-14,16-17,26,30H,11,15H2,(H,31,32)/b13-8+/t26-/m0/s1. The largest absolute Gasteiger partial charge is 0.478 e. The molecule has 0 saturated heterocycles. The minimum atomic E-state index is -0.952. The minimum absolute atomic E-state index is 0.278. The van der Waals surface area contributed by atoms with Gasteiger partial charge in [0, 0.05) is 10.4 Å². The summed E-state index contributed by atoms with van der Waals surface area (Å²) in [7, 11) is 0. The Kier molecular flexibility index (Phi) is 6.64. The Morgan fingerprint density at radius 1 is 0.969 bits per heavy atom. The lowest BCUT2D eigenvalue weighted by atomic mass is 9.97. The summed E-state index contributed by atoms with van der Waals surface area (Å²) in [5, 5.41) is 21.7. The highest BCUT2D eigenvalue weighted by Crippen LogP contribution is 2.23. The first-order valence-electron chi connectivity index (χ1n) is 10.3. The van der Waals surface area contributed by atoms with E-state index < -0.39 is 12.1 Å². The van der Waals surface area contributed by atoms with Crippen molar-refractivity contribution in [3.05, 3.63) is 112 Å². The lowest BCUT2D eigenvalue weighted by Crippen LogP contribution is -2.05. The van der Waals surface area contributed by atoms with Crippen molar-refractivity contribution in [2.75, 3.05) is 0 Å². The Labute approximate surface area is 191 Å². The lowest BCUT2D eigenvalue weighted by Gasteiger charge is -2.13. The zero-order valence-electron chi connectivity index (χ0n) is 17.3. The smallest absolute Gasteiger partial charge is 0.335 e. The fraction of sp³-hybridized carbons (Fsp3) is 0.111. The van der Waals surface area contributed by atoms with E-state index in [2.05, 4.69) is 4.98 Å². The second-order valence-electron chi connectivity index (χ2n) is 7.59. The van der Waals surface area contributed by atoms with Gasteiger partial charge in [-0.15, -0.1) is 0 Å². The molecule has 0 radical (unpaired) electrons. The topological polar surface area (TPSA) is 70.4 Å². The molecule has 4 rings (SSSR count). The van der Waals surface area contributed by atoms with Gasteiger partial charge in [-0.3, -0.25) is 0 Å². The van der Waals surface area contributed by atoms with Crippen molar-refractivity contribution in [1.82, 2.24) is 4.98 Å². The number of aliphatic hydroxyl groups is 1. The van der Waals surface area contributed by atoms with E-state index in [0.29, 0.717) is 17.9 Å².